The normalized spacial score (nSPS) is 15.3. The molecule has 1 fully saturated rings. The van der Waals surface area contributed by atoms with E-state index in [0.717, 1.165) is 16.6 Å². The number of nitrogens with two attached hydrogens (primary N) is 1. The zero-order chi connectivity index (χ0) is 14.3. The molecule has 0 unspecified atom stereocenters. The summed E-state index contributed by atoms with van der Waals surface area (Å²) in [6.07, 6.45) is 3.75. The molecule has 0 radical (unpaired) electrons. The van der Waals surface area contributed by atoms with Gasteiger partial charge in [-0.05, 0) is 37.0 Å². The second-order valence-corrected chi connectivity index (χ2v) is 6.96. The third kappa shape index (κ3) is 2.38. The highest BCUT2D eigenvalue weighted by atomic mass is 35.5. The van der Waals surface area contributed by atoms with Crippen molar-refractivity contribution in [2.24, 2.45) is 5.92 Å². The van der Waals surface area contributed by atoms with Gasteiger partial charge < -0.3 is 10.6 Å². The Morgan fingerprint density at radius 1 is 1.50 bits per heavy atom. The summed E-state index contributed by atoms with van der Waals surface area (Å²) >= 11 is 7.44. The molecule has 20 heavy (non-hydrogen) atoms. The van der Waals surface area contributed by atoms with E-state index >= 15 is 0 Å². The van der Waals surface area contributed by atoms with Gasteiger partial charge in [-0.2, -0.15) is 0 Å². The van der Waals surface area contributed by atoms with Gasteiger partial charge in [-0.1, -0.05) is 18.0 Å². The Bertz CT molecular complexity index is 663. The van der Waals surface area contributed by atoms with Crippen molar-refractivity contribution >= 4 is 44.6 Å². The lowest BCUT2D eigenvalue weighted by atomic mass is 9.85. The molecule has 0 aliphatic heterocycles. The highest BCUT2D eigenvalue weighted by molar-refractivity contribution is 7.21. The lowest BCUT2D eigenvalue weighted by molar-refractivity contribution is 0.0751. The smallest absolute Gasteiger partial charge is 0.265 e. The van der Waals surface area contributed by atoms with E-state index < -0.39 is 0 Å². The fraction of sp³-hybridized carbons (Fsp3) is 0.400. The first-order valence-corrected chi connectivity index (χ1v) is 7.98. The predicted molar refractivity (Wildman–Crippen MR) is 85.5 cm³/mol. The topological polar surface area (TPSA) is 46.3 Å². The van der Waals surface area contributed by atoms with E-state index in [1.807, 2.05) is 25.2 Å². The molecule has 1 aliphatic rings. The molecule has 3 rings (SSSR count). The second-order valence-electron chi connectivity index (χ2n) is 5.47. The van der Waals surface area contributed by atoms with E-state index in [4.69, 9.17) is 17.3 Å². The lowest BCUT2D eigenvalue weighted by Gasteiger charge is -2.30. The van der Waals surface area contributed by atoms with Crippen molar-refractivity contribution in [2.75, 3.05) is 19.3 Å². The lowest BCUT2D eigenvalue weighted by Crippen LogP contribution is -2.34. The van der Waals surface area contributed by atoms with Crippen LogP contribution in [0.3, 0.4) is 0 Å². The average molecular weight is 309 g/mol. The summed E-state index contributed by atoms with van der Waals surface area (Å²) in [5, 5.41) is 1.52. The van der Waals surface area contributed by atoms with Crippen molar-refractivity contribution in [2.45, 2.75) is 19.3 Å². The number of hydrogen-bond acceptors (Lipinski definition) is 3. The van der Waals surface area contributed by atoms with Gasteiger partial charge in [0.15, 0.2) is 0 Å². The number of carbonyl (C=O) groups is 1. The van der Waals surface area contributed by atoms with E-state index in [0.29, 0.717) is 21.5 Å². The molecular weight excluding hydrogens is 292 g/mol. The van der Waals surface area contributed by atoms with E-state index in [1.165, 1.54) is 30.6 Å². The van der Waals surface area contributed by atoms with Crippen LogP contribution in [0.5, 0.6) is 0 Å². The Hall–Kier alpha value is -1.26. The van der Waals surface area contributed by atoms with Gasteiger partial charge in [-0.25, -0.2) is 0 Å². The number of nitrogens with zero attached hydrogens (tertiary/aromatic N) is 1. The molecule has 1 heterocycles. The van der Waals surface area contributed by atoms with Crippen molar-refractivity contribution in [3.8, 4) is 0 Å². The van der Waals surface area contributed by atoms with Crippen LogP contribution in [0.25, 0.3) is 10.1 Å². The van der Waals surface area contributed by atoms with Crippen molar-refractivity contribution < 1.29 is 4.79 Å². The Morgan fingerprint density at radius 3 is 2.90 bits per heavy atom. The highest BCUT2D eigenvalue weighted by Crippen LogP contribution is 2.36. The summed E-state index contributed by atoms with van der Waals surface area (Å²) in [5.41, 5.74) is 6.68. The van der Waals surface area contributed by atoms with Crippen molar-refractivity contribution in [1.29, 1.82) is 0 Å². The van der Waals surface area contributed by atoms with Crippen LogP contribution >= 0.6 is 22.9 Å². The molecule has 1 aliphatic carbocycles. The minimum absolute atomic E-state index is 0.0201. The molecule has 2 aromatic rings. The molecule has 0 spiro atoms. The maximum atomic E-state index is 12.5. The van der Waals surface area contributed by atoms with Crippen LogP contribution in [0.1, 0.15) is 28.9 Å². The van der Waals surface area contributed by atoms with Crippen molar-refractivity contribution in [1.82, 2.24) is 4.90 Å². The molecule has 1 amide bonds. The van der Waals surface area contributed by atoms with Gasteiger partial charge in [0, 0.05) is 28.7 Å². The van der Waals surface area contributed by atoms with Gasteiger partial charge in [0.05, 0.1) is 5.69 Å². The third-order valence-corrected chi connectivity index (χ3v) is 5.40. The number of amides is 1. The number of benzene rings is 1. The van der Waals surface area contributed by atoms with Crippen LogP contribution in [0.15, 0.2) is 18.2 Å². The maximum absolute atomic E-state index is 12.5. The standard InChI is InChI=1S/C15H17ClN2OS/c1-18(8-9-3-2-4-9)15(19)14-13(17)11-7-10(16)5-6-12(11)20-14/h5-7,9H,2-4,8,17H2,1H3. The molecule has 5 heteroatoms. The molecule has 106 valence electrons. The average Bonchev–Trinajstić information content (AvgIpc) is 2.70. The van der Waals surface area contributed by atoms with Crippen LogP contribution in [0.2, 0.25) is 5.02 Å². The van der Waals surface area contributed by atoms with Crippen molar-refractivity contribution in [3.05, 3.63) is 28.1 Å². The molecule has 0 saturated heterocycles. The fourth-order valence-corrected chi connectivity index (χ4v) is 3.84. The molecular formula is C15H17ClN2OS. The van der Waals surface area contributed by atoms with Gasteiger partial charge in [-0.15, -0.1) is 11.3 Å². The number of nitrogen functional groups attached to an aromatic ring is 1. The SMILES string of the molecule is CN(CC1CCC1)C(=O)c1sc2ccc(Cl)cc2c1N. The predicted octanol–water partition coefficient (Wildman–Crippen LogP) is 4.01. The molecule has 0 atom stereocenters. The molecule has 1 aromatic heterocycles. The number of rotatable bonds is 3. The van der Waals surface area contributed by atoms with Crippen LogP contribution in [0.4, 0.5) is 5.69 Å². The zero-order valence-corrected chi connectivity index (χ0v) is 12.9. The summed E-state index contributed by atoms with van der Waals surface area (Å²) in [7, 11) is 1.86. The van der Waals surface area contributed by atoms with Gasteiger partial charge >= 0.3 is 0 Å². The first-order valence-electron chi connectivity index (χ1n) is 6.79. The first kappa shape index (κ1) is 13.7. The first-order chi connectivity index (χ1) is 9.56. The summed E-state index contributed by atoms with van der Waals surface area (Å²) < 4.78 is 1.01. The second kappa shape index (κ2) is 5.26. The third-order valence-electron chi connectivity index (χ3n) is 3.99. The summed E-state index contributed by atoms with van der Waals surface area (Å²) in [5.74, 6) is 0.681. The van der Waals surface area contributed by atoms with Crippen molar-refractivity contribution in [3.63, 3.8) is 0 Å². The molecule has 1 aromatic carbocycles. The fourth-order valence-electron chi connectivity index (χ4n) is 2.57. The van der Waals surface area contributed by atoms with E-state index in [9.17, 15) is 4.79 Å². The largest absolute Gasteiger partial charge is 0.397 e. The van der Waals surface area contributed by atoms with Gasteiger partial charge in [0.2, 0.25) is 0 Å². The number of hydrogen-bond donors (Lipinski definition) is 1. The minimum Gasteiger partial charge on any atom is -0.397 e. The number of halogens is 1. The van der Waals surface area contributed by atoms with Crippen LogP contribution in [-0.2, 0) is 0 Å². The quantitative estimate of drug-likeness (QED) is 0.931. The van der Waals surface area contributed by atoms with Gasteiger partial charge in [0.25, 0.3) is 5.91 Å². The summed E-state index contributed by atoms with van der Waals surface area (Å²) in [6.45, 7) is 0.827. The van der Waals surface area contributed by atoms with Gasteiger partial charge in [-0.3, -0.25) is 4.79 Å². The monoisotopic (exact) mass is 308 g/mol. The number of carbonyl (C=O) groups excluding carboxylic acids is 1. The molecule has 3 nitrogen and oxygen atoms in total. The number of fused-ring (bicyclic) bond motifs is 1. The Labute approximate surface area is 127 Å². The van der Waals surface area contributed by atoms with E-state index in [-0.39, 0.29) is 5.91 Å². The molecule has 1 saturated carbocycles. The molecule has 0 bridgehead atoms. The minimum atomic E-state index is 0.0201. The Balaban J connectivity index is 1.88. The Kier molecular flexibility index (Phi) is 3.61. The molecule has 2 N–H and O–H groups in total. The van der Waals surface area contributed by atoms with Crippen LogP contribution in [-0.4, -0.2) is 24.4 Å². The summed E-state index contributed by atoms with van der Waals surface area (Å²) in [4.78, 5) is 14.9. The van der Waals surface area contributed by atoms with E-state index in [2.05, 4.69) is 0 Å². The van der Waals surface area contributed by atoms with Crippen LogP contribution in [0, 0.1) is 5.92 Å². The number of anilines is 1. The van der Waals surface area contributed by atoms with E-state index in [1.54, 1.807) is 4.90 Å². The van der Waals surface area contributed by atoms with Crippen LogP contribution < -0.4 is 5.73 Å². The highest BCUT2D eigenvalue weighted by Gasteiger charge is 2.24. The maximum Gasteiger partial charge on any atom is 0.265 e. The zero-order valence-electron chi connectivity index (χ0n) is 11.4. The summed E-state index contributed by atoms with van der Waals surface area (Å²) in [6, 6.07) is 5.57. The Morgan fingerprint density at radius 2 is 2.25 bits per heavy atom. The number of thiophene rings is 1. The van der Waals surface area contributed by atoms with Gasteiger partial charge in [0.1, 0.15) is 4.88 Å².